The number of hydrogen-bond acceptors (Lipinski definition) is 3. The van der Waals surface area contributed by atoms with Crippen molar-refractivity contribution in [1.82, 2.24) is 4.90 Å². The second kappa shape index (κ2) is 8.54. The number of rotatable bonds is 7. The fraction of sp³-hybridized carbons (Fsp3) is 0.588. The summed E-state index contributed by atoms with van der Waals surface area (Å²) in [4.78, 5) is 14.0. The molecule has 0 saturated carbocycles. The second-order valence-electron chi connectivity index (χ2n) is 6.28. The van der Waals surface area contributed by atoms with Crippen molar-refractivity contribution >= 4 is 21.9 Å². The predicted octanol–water partition coefficient (Wildman–Crippen LogP) is 4.35. The molecule has 1 aromatic rings. The van der Waals surface area contributed by atoms with Gasteiger partial charge >= 0.3 is 5.97 Å². The summed E-state index contributed by atoms with van der Waals surface area (Å²) in [6.45, 7) is 12.0. The van der Waals surface area contributed by atoms with E-state index >= 15 is 0 Å². The van der Waals surface area contributed by atoms with Crippen molar-refractivity contribution in [3.8, 4) is 0 Å². The lowest BCUT2D eigenvalue weighted by Gasteiger charge is -2.26. The highest BCUT2D eigenvalue weighted by Crippen LogP contribution is 2.21. The van der Waals surface area contributed by atoms with Crippen LogP contribution in [0.5, 0.6) is 0 Å². The molecule has 3 nitrogen and oxygen atoms in total. The molecule has 0 heterocycles. The molecule has 0 aliphatic carbocycles. The van der Waals surface area contributed by atoms with Crippen LogP contribution in [0.3, 0.4) is 0 Å². The Labute approximate surface area is 136 Å². The topological polar surface area (TPSA) is 29.5 Å². The Bertz CT molecular complexity index is 462. The Morgan fingerprint density at radius 1 is 1.19 bits per heavy atom. The molecule has 0 bridgehead atoms. The van der Waals surface area contributed by atoms with Gasteiger partial charge in [0, 0.05) is 24.1 Å². The zero-order chi connectivity index (χ0) is 16.0. The summed E-state index contributed by atoms with van der Waals surface area (Å²) >= 11 is 3.57. The van der Waals surface area contributed by atoms with Crippen LogP contribution in [-0.4, -0.2) is 31.1 Å². The average Bonchev–Trinajstić information content (AvgIpc) is 2.38. The highest BCUT2D eigenvalue weighted by atomic mass is 79.9. The third-order valence-corrected chi connectivity index (χ3v) is 3.85. The minimum absolute atomic E-state index is 0.302. The summed E-state index contributed by atoms with van der Waals surface area (Å²) in [5.74, 6) is 0.970. The Balaban J connectivity index is 2.85. The van der Waals surface area contributed by atoms with Gasteiger partial charge in [0.25, 0.3) is 0 Å². The Kier molecular flexibility index (Phi) is 7.40. The van der Waals surface area contributed by atoms with E-state index in [-0.39, 0.29) is 5.97 Å². The zero-order valence-electron chi connectivity index (χ0n) is 13.6. The first-order valence-electron chi connectivity index (χ1n) is 7.42. The Morgan fingerprint density at radius 2 is 1.76 bits per heavy atom. The lowest BCUT2D eigenvalue weighted by atomic mass is 10.1. The summed E-state index contributed by atoms with van der Waals surface area (Å²) in [5, 5.41) is 0. The van der Waals surface area contributed by atoms with E-state index in [1.54, 1.807) is 0 Å². The van der Waals surface area contributed by atoms with E-state index in [0.717, 1.165) is 24.1 Å². The van der Waals surface area contributed by atoms with Gasteiger partial charge in [-0.1, -0.05) is 49.7 Å². The van der Waals surface area contributed by atoms with Crippen LogP contribution in [0.2, 0.25) is 0 Å². The molecule has 21 heavy (non-hydrogen) atoms. The van der Waals surface area contributed by atoms with Crippen LogP contribution >= 0.6 is 15.9 Å². The predicted molar refractivity (Wildman–Crippen MR) is 90.4 cm³/mol. The summed E-state index contributed by atoms with van der Waals surface area (Å²) in [6.07, 6.45) is 0. The van der Waals surface area contributed by atoms with Gasteiger partial charge in [0.1, 0.15) is 0 Å². The third-order valence-electron chi connectivity index (χ3n) is 3.11. The van der Waals surface area contributed by atoms with Gasteiger partial charge in [-0.2, -0.15) is 0 Å². The maximum absolute atomic E-state index is 11.5. The molecule has 0 aliphatic rings. The Hall–Kier alpha value is -0.870. The van der Waals surface area contributed by atoms with E-state index in [0.29, 0.717) is 17.4 Å². The van der Waals surface area contributed by atoms with Crippen molar-refractivity contribution in [2.75, 3.05) is 20.2 Å². The minimum Gasteiger partial charge on any atom is -0.465 e. The summed E-state index contributed by atoms with van der Waals surface area (Å²) in [6, 6.07) is 5.67. The summed E-state index contributed by atoms with van der Waals surface area (Å²) in [7, 11) is 1.40. The first-order valence-corrected chi connectivity index (χ1v) is 8.21. The SMILES string of the molecule is COC(=O)c1ccc(CN(CC(C)C)CC(C)C)c(Br)c1. The zero-order valence-corrected chi connectivity index (χ0v) is 15.2. The maximum atomic E-state index is 11.5. The third kappa shape index (κ3) is 6.18. The van der Waals surface area contributed by atoms with E-state index in [2.05, 4.69) is 48.5 Å². The van der Waals surface area contributed by atoms with E-state index in [1.807, 2.05) is 18.2 Å². The average molecular weight is 356 g/mol. The molecule has 1 rings (SSSR count). The highest BCUT2D eigenvalue weighted by Gasteiger charge is 2.13. The fourth-order valence-electron chi connectivity index (χ4n) is 2.40. The normalized spacial score (nSPS) is 11.5. The smallest absolute Gasteiger partial charge is 0.337 e. The molecule has 4 heteroatoms. The number of nitrogens with zero attached hydrogens (tertiary/aromatic N) is 1. The molecule has 118 valence electrons. The monoisotopic (exact) mass is 355 g/mol. The van der Waals surface area contributed by atoms with Crippen molar-refractivity contribution in [2.45, 2.75) is 34.2 Å². The minimum atomic E-state index is -0.302. The second-order valence-corrected chi connectivity index (χ2v) is 7.13. The van der Waals surface area contributed by atoms with Gasteiger partial charge in [-0.05, 0) is 29.5 Å². The number of ether oxygens (including phenoxy) is 1. The molecular weight excluding hydrogens is 330 g/mol. The van der Waals surface area contributed by atoms with Crippen molar-refractivity contribution in [3.63, 3.8) is 0 Å². The number of hydrogen-bond donors (Lipinski definition) is 0. The number of halogens is 1. The largest absolute Gasteiger partial charge is 0.465 e. The van der Waals surface area contributed by atoms with Gasteiger partial charge in [-0.25, -0.2) is 4.79 Å². The summed E-state index contributed by atoms with van der Waals surface area (Å²) < 4.78 is 5.71. The quantitative estimate of drug-likeness (QED) is 0.681. The molecule has 0 saturated heterocycles. The van der Waals surface area contributed by atoms with Gasteiger partial charge in [-0.3, -0.25) is 4.90 Å². The lowest BCUT2D eigenvalue weighted by Crippen LogP contribution is -2.31. The van der Waals surface area contributed by atoms with Crippen LogP contribution < -0.4 is 0 Å². The maximum Gasteiger partial charge on any atom is 0.337 e. The van der Waals surface area contributed by atoms with Crippen LogP contribution in [-0.2, 0) is 11.3 Å². The van der Waals surface area contributed by atoms with Gasteiger partial charge in [0.05, 0.1) is 12.7 Å². The van der Waals surface area contributed by atoms with Gasteiger partial charge in [0.15, 0.2) is 0 Å². The van der Waals surface area contributed by atoms with Gasteiger partial charge in [-0.15, -0.1) is 0 Å². The van der Waals surface area contributed by atoms with Crippen LogP contribution in [0.15, 0.2) is 22.7 Å². The Morgan fingerprint density at radius 3 is 2.19 bits per heavy atom. The molecule has 0 N–H and O–H groups in total. The highest BCUT2D eigenvalue weighted by molar-refractivity contribution is 9.10. The van der Waals surface area contributed by atoms with Crippen molar-refractivity contribution in [2.24, 2.45) is 11.8 Å². The van der Waals surface area contributed by atoms with Gasteiger partial charge in [0.2, 0.25) is 0 Å². The van der Waals surface area contributed by atoms with Crippen LogP contribution in [0.25, 0.3) is 0 Å². The van der Waals surface area contributed by atoms with E-state index in [1.165, 1.54) is 12.7 Å². The van der Waals surface area contributed by atoms with Crippen LogP contribution in [0.4, 0.5) is 0 Å². The molecule has 0 amide bonds. The lowest BCUT2D eigenvalue weighted by molar-refractivity contribution is 0.0600. The molecule has 1 aromatic carbocycles. The molecule has 0 unspecified atom stereocenters. The van der Waals surface area contributed by atoms with Crippen molar-refractivity contribution in [3.05, 3.63) is 33.8 Å². The van der Waals surface area contributed by atoms with Crippen molar-refractivity contribution < 1.29 is 9.53 Å². The first kappa shape index (κ1) is 18.2. The summed E-state index contributed by atoms with van der Waals surface area (Å²) in [5.41, 5.74) is 1.77. The molecule has 0 atom stereocenters. The fourth-order valence-corrected chi connectivity index (χ4v) is 2.90. The molecular formula is C17H26BrNO2. The van der Waals surface area contributed by atoms with Crippen molar-refractivity contribution in [1.29, 1.82) is 0 Å². The van der Waals surface area contributed by atoms with E-state index < -0.39 is 0 Å². The van der Waals surface area contributed by atoms with Gasteiger partial charge < -0.3 is 4.74 Å². The number of benzene rings is 1. The molecule has 0 fully saturated rings. The standard InChI is InChI=1S/C17H26BrNO2/c1-12(2)9-19(10-13(3)4)11-15-7-6-14(8-16(15)18)17(20)21-5/h6-8,12-13H,9-11H2,1-5H3. The molecule has 0 spiro atoms. The van der Waals surface area contributed by atoms with Crippen LogP contribution in [0.1, 0.15) is 43.6 Å². The van der Waals surface area contributed by atoms with E-state index in [9.17, 15) is 4.79 Å². The molecule has 0 aliphatic heterocycles. The number of carbonyl (C=O) groups is 1. The first-order chi connectivity index (χ1) is 9.83. The molecule has 0 radical (unpaired) electrons. The number of carbonyl (C=O) groups excluding carboxylic acids is 1. The number of esters is 1. The van der Waals surface area contributed by atoms with Crippen LogP contribution in [0, 0.1) is 11.8 Å². The molecule has 0 aromatic heterocycles. The number of methoxy groups -OCH3 is 1. The van der Waals surface area contributed by atoms with E-state index in [4.69, 9.17) is 4.74 Å².